The van der Waals surface area contributed by atoms with E-state index in [0.29, 0.717) is 11.6 Å². The van der Waals surface area contributed by atoms with Gasteiger partial charge in [-0.15, -0.1) is 0 Å². The van der Waals surface area contributed by atoms with Gasteiger partial charge in [-0.3, -0.25) is 4.98 Å². The molecular formula is C17H20N2O2. The maximum absolute atomic E-state index is 11.2. The van der Waals surface area contributed by atoms with E-state index in [9.17, 15) is 4.79 Å². The zero-order valence-electron chi connectivity index (χ0n) is 12.0. The van der Waals surface area contributed by atoms with Crippen LogP contribution in [-0.4, -0.2) is 11.0 Å². The summed E-state index contributed by atoms with van der Waals surface area (Å²) in [6.07, 6.45) is 7.11. The molecule has 4 nitrogen and oxygen atoms in total. The van der Waals surface area contributed by atoms with Gasteiger partial charge in [0.1, 0.15) is 0 Å². The van der Waals surface area contributed by atoms with Crippen LogP contribution in [0.25, 0.3) is 11.1 Å². The van der Waals surface area contributed by atoms with E-state index in [0.717, 1.165) is 34.9 Å². The maximum Gasteiger partial charge on any atom is 0.417 e. The lowest BCUT2D eigenvalue weighted by Gasteiger charge is -2.32. The van der Waals surface area contributed by atoms with Crippen molar-refractivity contribution in [1.29, 1.82) is 0 Å². The molecule has 5 atom stereocenters. The van der Waals surface area contributed by atoms with Crippen molar-refractivity contribution in [3.63, 3.8) is 0 Å². The first kappa shape index (κ1) is 11.9. The number of nitrogens with one attached hydrogen (secondary N) is 2. The fourth-order valence-corrected chi connectivity index (χ4v) is 5.49. The van der Waals surface area contributed by atoms with Gasteiger partial charge in [0, 0.05) is 11.7 Å². The molecule has 3 saturated carbocycles. The lowest BCUT2D eigenvalue weighted by atomic mass is 9.79. The van der Waals surface area contributed by atoms with Gasteiger partial charge in [0.2, 0.25) is 0 Å². The molecule has 3 aliphatic carbocycles. The second-order valence-electron chi connectivity index (χ2n) is 7.13. The van der Waals surface area contributed by atoms with Crippen molar-refractivity contribution in [2.45, 2.75) is 38.1 Å². The largest absolute Gasteiger partial charge is 0.417 e. The smallest absolute Gasteiger partial charge is 0.408 e. The molecule has 3 fully saturated rings. The summed E-state index contributed by atoms with van der Waals surface area (Å²) in [6, 6.07) is 6.52. The predicted octanol–water partition coefficient (Wildman–Crippen LogP) is 3.36. The van der Waals surface area contributed by atoms with Crippen LogP contribution in [0.1, 0.15) is 32.1 Å². The fourth-order valence-electron chi connectivity index (χ4n) is 5.49. The number of aromatic amines is 1. The number of aromatic nitrogens is 1. The van der Waals surface area contributed by atoms with Crippen molar-refractivity contribution < 1.29 is 4.42 Å². The van der Waals surface area contributed by atoms with Crippen molar-refractivity contribution in [2.24, 2.45) is 23.7 Å². The topological polar surface area (TPSA) is 58.0 Å². The molecule has 0 radical (unpaired) electrons. The third-order valence-electron chi connectivity index (χ3n) is 6.20. The van der Waals surface area contributed by atoms with Gasteiger partial charge in [-0.05, 0) is 67.6 Å². The first-order valence-corrected chi connectivity index (χ1v) is 8.17. The molecule has 21 heavy (non-hydrogen) atoms. The molecular weight excluding hydrogens is 264 g/mol. The SMILES string of the molecule is O=c1[nH]c2cc(NC3CC4CC3C3CCCC43)ccc2o1. The van der Waals surface area contributed by atoms with Gasteiger partial charge in [-0.1, -0.05) is 6.42 Å². The molecule has 1 heterocycles. The fraction of sp³-hybridized carbons (Fsp3) is 0.588. The van der Waals surface area contributed by atoms with Crippen molar-refractivity contribution in [3.05, 3.63) is 28.7 Å². The van der Waals surface area contributed by atoms with E-state index in [1.54, 1.807) is 0 Å². The number of anilines is 1. The van der Waals surface area contributed by atoms with Crippen LogP contribution in [0.5, 0.6) is 0 Å². The molecule has 1 aromatic heterocycles. The Bertz CT molecular complexity index is 747. The monoisotopic (exact) mass is 284 g/mol. The number of H-pyrrole nitrogens is 1. The normalized spacial score (nSPS) is 37.2. The highest BCUT2D eigenvalue weighted by molar-refractivity contribution is 5.76. The minimum Gasteiger partial charge on any atom is -0.408 e. The second kappa shape index (κ2) is 4.15. The highest BCUT2D eigenvalue weighted by Gasteiger charge is 2.53. The van der Waals surface area contributed by atoms with E-state index in [1.807, 2.05) is 18.2 Å². The Morgan fingerprint density at radius 1 is 1.14 bits per heavy atom. The summed E-state index contributed by atoms with van der Waals surface area (Å²) in [5, 5.41) is 3.72. The van der Waals surface area contributed by atoms with Crippen LogP contribution in [0.15, 0.2) is 27.4 Å². The highest BCUT2D eigenvalue weighted by Crippen LogP contribution is 2.59. The summed E-state index contributed by atoms with van der Waals surface area (Å²) in [6.45, 7) is 0. The number of hydrogen-bond donors (Lipinski definition) is 2. The standard InChI is InChI=1S/C17H20N2O2/c20-17-19-15-8-10(4-5-16(15)21-17)18-14-7-9-6-13(14)12-3-1-2-11(9)12/h4-5,8-9,11-14,18H,1-3,6-7H2,(H,19,20). The highest BCUT2D eigenvalue weighted by atomic mass is 16.4. The molecule has 5 unspecified atom stereocenters. The maximum atomic E-state index is 11.2. The Morgan fingerprint density at radius 3 is 3.00 bits per heavy atom. The first-order chi connectivity index (χ1) is 10.3. The lowest BCUT2D eigenvalue weighted by Crippen LogP contribution is -2.33. The molecule has 0 aliphatic heterocycles. The Balaban J connectivity index is 1.40. The van der Waals surface area contributed by atoms with E-state index in [-0.39, 0.29) is 5.76 Å². The third kappa shape index (κ3) is 1.71. The van der Waals surface area contributed by atoms with Crippen molar-refractivity contribution >= 4 is 16.8 Å². The average Bonchev–Trinajstić information content (AvgIpc) is 3.16. The van der Waals surface area contributed by atoms with Crippen molar-refractivity contribution in [2.75, 3.05) is 5.32 Å². The summed E-state index contributed by atoms with van der Waals surface area (Å²) in [4.78, 5) is 14.0. The van der Waals surface area contributed by atoms with E-state index in [2.05, 4.69) is 10.3 Å². The average molecular weight is 284 g/mol. The third-order valence-corrected chi connectivity index (χ3v) is 6.20. The zero-order valence-corrected chi connectivity index (χ0v) is 12.0. The van der Waals surface area contributed by atoms with E-state index >= 15 is 0 Å². The zero-order chi connectivity index (χ0) is 14.0. The van der Waals surface area contributed by atoms with E-state index in [4.69, 9.17) is 4.42 Å². The molecule has 4 heteroatoms. The van der Waals surface area contributed by atoms with Gasteiger partial charge in [-0.2, -0.15) is 0 Å². The quantitative estimate of drug-likeness (QED) is 0.889. The van der Waals surface area contributed by atoms with Crippen molar-refractivity contribution in [3.8, 4) is 0 Å². The summed E-state index contributed by atoms with van der Waals surface area (Å²) in [5.41, 5.74) is 2.52. The molecule has 2 bridgehead atoms. The minimum absolute atomic E-state index is 0.379. The Kier molecular flexibility index (Phi) is 2.35. The van der Waals surface area contributed by atoms with Crippen LogP contribution in [-0.2, 0) is 0 Å². The van der Waals surface area contributed by atoms with Crippen LogP contribution in [0.3, 0.4) is 0 Å². The minimum atomic E-state index is -0.379. The van der Waals surface area contributed by atoms with Gasteiger partial charge in [0.05, 0.1) is 5.52 Å². The van der Waals surface area contributed by atoms with Crippen LogP contribution in [0, 0.1) is 23.7 Å². The summed E-state index contributed by atoms with van der Waals surface area (Å²) in [7, 11) is 0. The molecule has 1 aromatic carbocycles. The van der Waals surface area contributed by atoms with Crippen LogP contribution in [0.2, 0.25) is 0 Å². The molecule has 0 amide bonds. The molecule has 2 N–H and O–H groups in total. The summed E-state index contributed by atoms with van der Waals surface area (Å²) >= 11 is 0. The van der Waals surface area contributed by atoms with Gasteiger partial charge in [0.25, 0.3) is 0 Å². The number of oxazole rings is 1. The van der Waals surface area contributed by atoms with Gasteiger partial charge in [-0.25, -0.2) is 4.79 Å². The van der Waals surface area contributed by atoms with Crippen molar-refractivity contribution in [1.82, 2.24) is 4.98 Å². The van der Waals surface area contributed by atoms with Crippen LogP contribution < -0.4 is 11.1 Å². The molecule has 110 valence electrons. The molecule has 3 aliphatic rings. The Morgan fingerprint density at radius 2 is 2.05 bits per heavy atom. The van der Waals surface area contributed by atoms with Crippen LogP contribution >= 0.6 is 0 Å². The number of benzene rings is 1. The van der Waals surface area contributed by atoms with Gasteiger partial charge >= 0.3 is 5.76 Å². The number of rotatable bonds is 2. The molecule has 0 saturated heterocycles. The molecule has 2 aromatic rings. The summed E-state index contributed by atoms with van der Waals surface area (Å²) < 4.78 is 5.06. The molecule has 5 rings (SSSR count). The van der Waals surface area contributed by atoms with E-state index in [1.165, 1.54) is 32.1 Å². The van der Waals surface area contributed by atoms with Gasteiger partial charge in [0.15, 0.2) is 5.58 Å². The Hall–Kier alpha value is -1.71. The lowest BCUT2D eigenvalue weighted by molar-refractivity contribution is 0.243. The molecule has 0 spiro atoms. The first-order valence-electron chi connectivity index (χ1n) is 8.17. The van der Waals surface area contributed by atoms with Gasteiger partial charge < -0.3 is 9.73 Å². The Labute approximate surface area is 122 Å². The second-order valence-corrected chi connectivity index (χ2v) is 7.13. The number of hydrogen-bond acceptors (Lipinski definition) is 3. The van der Waals surface area contributed by atoms with E-state index < -0.39 is 0 Å². The number of fused-ring (bicyclic) bond motifs is 6. The summed E-state index contributed by atoms with van der Waals surface area (Å²) in [5.74, 6) is 3.44. The van der Waals surface area contributed by atoms with Crippen LogP contribution in [0.4, 0.5) is 5.69 Å². The predicted molar refractivity (Wildman–Crippen MR) is 81.3 cm³/mol.